The van der Waals surface area contributed by atoms with Gasteiger partial charge in [-0.05, 0) is 36.4 Å². The minimum atomic E-state index is -1.51. The Balaban J connectivity index is 1.62. The van der Waals surface area contributed by atoms with Crippen LogP contribution in [0.15, 0.2) is 91.0 Å². The molecule has 1 saturated heterocycles. The van der Waals surface area contributed by atoms with Gasteiger partial charge in [-0.15, -0.1) is 0 Å². The number of hydrogen-bond donors (Lipinski definition) is 0. The number of esters is 3. The standard InChI is InChI=1S/C28H22N2O8/c29-30-16-21(31)23-25(38-28(34)20-14-8-3-9-15-20)24(37-27(33)19-12-6-2-7-13-19)22(36-23)17-35-26(32)18-10-4-1-5-11-18/h1-16,22-25H,17H2/t22-,23+,24-,25+/m1/s1. The zero-order valence-corrected chi connectivity index (χ0v) is 19.9. The highest BCUT2D eigenvalue weighted by Crippen LogP contribution is 2.29. The van der Waals surface area contributed by atoms with E-state index in [0.29, 0.717) is 6.21 Å². The van der Waals surface area contributed by atoms with Gasteiger partial charge in [-0.3, -0.25) is 4.79 Å². The van der Waals surface area contributed by atoms with Crippen LogP contribution in [0.4, 0.5) is 0 Å². The number of carbonyl (C=O) groups is 4. The first kappa shape index (κ1) is 26.2. The van der Waals surface area contributed by atoms with Gasteiger partial charge < -0.3 is 24.5 Å². The molecule has 10 nitrogen and oxygen atoms in total. The van der Waals surface area contributed by atoms with Crippen LogP contribution in [0.25, 0.3) is 5.53 Å². The number of carbonyl (C=O) groups excluding carboxylic acids is 4. The Labute approximate surface area is 217 Å². The van der Waals surface area contributed by atoms with Gasteiger partial charge in [0.25, 0.3) is 5.78 Å². The molecule has 0 spiro atoms. The van der Waals surface area contributed by atoms with Crippen LogP contribution in [0.1, 0.15) is 31.1 Å². The minimum absolute atomic E-state index is 0.182. The summed E-state index contributed by atoms with van der Waals surface area (Å²) in [6, 6.07) is 24.2. The second kappa shape index (κ2) is 12.4. The Morgan fingerprint density at radius 2 is 1.16 bits per heavy atom. The summed E-state index contributed by atoms with van der Waals surface area (Å²) in [6.45, 7) is -0.431. The molecule has 4 rings (SSSR count). The number of benzene rings is 3. The Hall–Kier alpha value is -4.92. The molecule has 3 aromatic carbocycles. The summed E-state index contributed by atoms with van der Waals surface area (Å²) in [5, 5.41) is 0. The fourth-order valence-corrected chi connectivity index (χ4v) is 3.84. The van der Waals surface area contributed by atoms with Crippen molar-refractivity contribution < 1.29 is 42.9 Å². The maximum Gasteiger partial charge on any atom is 0.338 e. The van der Waals surface area contributed by atoms with Gasteiger partial charge in [0.05, 0.1) is 16.7 Å². The van der Waals surface area contributed by atoms with Gasteiger partial charge in [-0.2, -0.15) is 4.79 Å². The van der Waals surface area contributed by atoms with Crippen molar-refractivity contribution in [2.45, 2.75) is 24.4 Å². The van der Waals surface area contributed by atoms with Crippen molar-refractivity contribution >= 4 is 29.9 Å². The quantitative estimate of drug-likeness (QED) is 0.140. The average molecular weight is 514 g/mol. The molecule has 1 fully saturated rings. The third-order valence-corrected chi connectivity index (χ3v) is 5.67. The predicted molar refractivity (Wildman–Crippen MR) is 131 cm³/mol. The lowest BCUT2D eigenvalue weighted by molar-refractivity contribution is -0.130. The number of nitrogens with zero attached hydrogens (tertiary/aromatic N) is 2. The molecule has 0 aliphatic carbocycles. The van der Waals surface area contributed by atoms with Crippen LogP contribution >= 0.6 is 0 Å². The van der Waals surface area contributed by atoms with Crippen LogP contribution in [-0.4, -0.2) is 65.7 Å². The normalized spacial score (nSPS) is 20.0. The van der Waals surface area contributed by atoms with E-state index >= 15 is 0 Å². The third-order valence-electron chi connectivity index (χ3n) is 5.67. The van der Waals surface area contributed by atoms with E-state index in [9.17, 15) is 19.2 Å². The first-order valence-electron chi connectivity index (χ1n) is 11.6. The number of Topliss-reactive ketones (excluding diaryl/α,β-unsaturated/α-hetero) is 1. The van der Waals surface area contributed by atoms with E-state index in [1.807, 2.05) is 0 Å². The number of ether oxygens (including phenoxy) is 4. The van der Waals surface area contributed by atoms with Gasteiger partial charge >= 0.3 is 24.1 Å². The summed E-state index contributed by atoms with van der Waals surface area (Å²) in [5.74, 6) is -3.10. The molecule has 38 heavy (non-hydrogen) atoms. The Kier molecular flexibility index (Phi) is 8.50. The molecule has 0 amide bonds. The van der Waals surface area contributed by atoms with E-state index in [4.69, 9.17) is 24.5 Å². The van der Waals surface area contributed by atoms with Gasteiger partial charge in [-0.25, -0.2) is 14.4 Å². The molecule has 1 heterocycles. The van der Waals surface area contributed by atoms with Crippen molar-refractivity contribution in [1.29, 1.82) is 0 Å². The van der Waals surface area contributed by atoms with Gasteiger partial charge in [-0.1, -0.05) is 54.6 Å². The highest BCUT2D eigenvalue weighted by Gasteiger charge is 2.53. The van der Waals surface area contributed by atoms with Gasteiger partial charge in [0, 0.05) is 0 Å². The fourth-order valence-electron chi connectivity index (χ4n) is 3.84. The van der Waals surface area contributed by atoms with Crippen molar-refractivity contribution in [3.63, 3.8) is 0 Å². The number of rotatable bonds is 9. The van der Waals surface area contributed by atoms with E-state index < -0.39 is 54.7 Å². The largest absolute Gasteiger partial charge is 0.459 e. The lowest BCUT2D eigenvalue weighted by Crippen LogP contribution is -2.44. The van der Waals surface area contributed by atoms with E-state index in [1.165, 1.54) is 24.3 Å². The molecule has 0 aromatic heterocycles. The summed E-state index contributed by atoms with van der Waals surface area (Å²) in [6.07, 6.45) is -4.90. The highest BCUT2D eigenvalue weighted by molar-refractivity contribution is 6.27. The van der Waals surface area contributed by atoms with E-state index in [-0.39, 0.29) is 16.7 Å². The molecule has 0 saturated carbocycles. The SMILES string of the molecule is [N-]=[N+]=CC(=O)[C@@H]1O[C@H](COC(=O)c2ccccc2)[C@@H](OC(=O)c2ccccc2)[C@H]1OC(=O)c1ccccc1. The average Bonchev–Trinajstić information content (AvgIpc) is 3.29. The second-order valence-corrected chi connectivity index (χ2v) is 8.18. The van der Waals surface area contributed by atoms with Gasteiger partial charge in [0.1, 0.15) is 12.7 Å². The fraction of sp³-hybridized carbons (Fsp3) is 0.179. The molecule has 1 aliphatic heterocycles. The van der Waals surface area contributed by atoms with Crippen molar-refractivity contribution in [3.8, 4) is 0 Å². The summed E-state index contributed by atoms with van der Waals surface area (Å²) >= 11 is 0. The van der Waals surface area contributed by atoms with Crippen molar-refractivity contribution in [1.82, 2.24) is 0 Å². The summed E-state index contributed by atoms with van der Waals surface area (Å²) in [5.41, 5.74) is 9.56. The number of hydrogen-bond acceptors (Lipinski definition) is 8. The van der Waals surface area contributed by atoms with E-state index in [1.54, 1.807) is 66.7 Å². The van der Waals surface area contributed by atoms with Crippen LogP contribution in [0.3, 0.4) is 0 Å². The molecule has 0 bridgehead atoms. The molecular formula is C28H22N2O8. The first-order chi connectivity index (χ1) is 18.5. The lowest BCUT2D eigenvalue weighted by Gasteiger charge is -2.23. The molecule has 10 heteroatoms. The lowest BCUT2D eigenvalue weighted by atomic mass is 10.0. The second-order valence-electron chi connectivity index (χ2n) is 8.18. The molecule has 1 aliphatic rings. The van der Waals surface area contributed by atoms with E-state index in [0.717, 1.165) is 0 Å². The monoisotopic (exact) mass is 514 g/mol. The Morgan fingerprint density at radius 1 is 0.711 bits per heavy atom. The maximum absolute atomic E-state index is 12.9. The zero-order chi connectivity index (χ0) is 26.9. The molecule has 3 aromatic rings. The molecular weight excluding hydrogens is 492 g/mol. The number of ketones is 1. The highest BCUT2D eigenvalue weighted by atomic mass is 16.7. The Bertz CT molecular complexity index is 1340. The maximum atomic E-state index is 12.9. The molecule has 192 valence electrons. The minimum Gasteiger partial charge on any atom is -0.459 e. The molecule has 0 N–H and O–H groups in total. The van der Waals surface area contributed by atoms with Crippen molar-refractivity contribution in [2.75, 3.05) is 6.61 Å². The summed E-state index contributed by atoms with van der Waals surface area (Å²) in [4.78, 5) is 53.8. The molecule has 0 radical (unpaired) electrons. The summed E-state index contributed by atoms with van der Waals surface area (Å²) < 4.78 is 22.4. The molecule has 4 atom stereocenters. The smallest absolute Gasteiger partial charge is 0.338 e. The van der Waals surface area contributed by atoms with Crippen LogP contribution in [0.2, 0.25) is 0 Å². The summed E-state index contributed by atoms with van der Waals surface area (Å²) in [7, 11) is 0. The topological polar surface area (TPSA) is 142 Å². The molecule has 0 unspecified atom stereocenters. The third kappa shape index (κ3) is 6.25. The zero-order valence-electron chi connectivity index (χ0n) is 19.9. The predicted octanol–water partition coefficient (Wildman–Crippen LogP) is 2.93. The van der Waals surface area contributed by atoms with Gasteiger partial charge in [0.2, 0.25) is 0 Å². The van der Waals surface area contributed by atoms with Crippen LogP contribution in [0.5, 0.6) is 0 Å². The first-order valence-corrected chi connectivity index (χ1v) is 11.6. The van der Waals surface area contributed by atoms with Crippen molar-refractivity contribution in [2.24, 2.45) is 0 Å². The van der Waals surface area contributed by atoms with Crippen LogP contribution in [-0.2, 0) is 23.7 Å². The van der Waals surface area contributed by atoms with Crippen LogP contribution < -0.4 is 0 Å². The van der Waals surface area contributed by atoms with Crippen LogP contribution in [0, 0.1) is 0 Å². The van der Waals surface area contributed by atoms with E-state index in [2.05, 4.69) is 4.79 Å². The van der Waals surface area contributed by atoms with Gasteiger partial charge in [0.15, 0.2) is 18.3 Å². The Morgan fingerprint density at radius 3 is 1.63 bits per heavy atom. The van der Waals surface area contributed by atoms with Crippen molar-refractivity contribution in [3.05, 3.63) is 113 Å².